The predicted molar refractivity (Wildman–Crippen MR) is 133 cm³/mol. The minimum atomic E-state index is -0.597. The molecule has 2 aromatic heterocycles. The Morgan fingerprint density at radius 2 is 1.76 bits per heavy atom. The zero-order valence-corrected chi connectivity index (χ0v) is 20.2. The summed E-state index contributed by atoms with van der Waals surface area (Å²) in [5, 5.41) is 3.08. The largest absolute Gasteiger partial charge is 0.348 e. The van der Waals surface area contributed by atoms with E-state index in [0.717, 1.165) is 25.2 Å². The van der Waals surface area contributed by atoms with Crippen LogP contribution >= 0.6 is 0 Å². The smallest absolute Gasteiger partial charge is 0.329 e. The number of hydrogen-bond donors (Lipinski definition) is 2. The second-order valence-electron chi connectivity index (χ2n) is 9.29. The number of fused-ring (bicyclic) bond motifs is 1. The van der Waals surface area contributed by atoms with Gasteiger partial charge in [-0.05, 0) is 56.0 Å². The number of hydrogen-bond acceptors (Lipinski definition) is 5. The zero-order valence-electron chi connectivity index (χ0n) is 20.2. The lowest BCUT2D eigenvalue weighted by Crippen LogP contribution is -2.33. The number of rotatable bonds is 7. The van der Waals surface area contributed by atoms with E-state index >= 15 is 0 Å². The van der Waals surface area contributed by atoms with Crippen LogP contribution in [0.1, 0.15) is 73.1 Å². The normalized spacial score (nSPS) is 14.6. The molecular weight excluding hydrogens is 430 g/mol. The van der Waals surface area contributed by atoms with E-state index in [-0.39, 0.29) is 28.4 Å². The second kappa shape index (κ2) is 10.3. The van der Waals surface area contributed by atoms with Gasteiger partial charge in [0, 0.05) is 25.3 Å². The highest BCUT2D eigenvalue weighted by Crippen LogP contribution is 2.20. The Morgan fingerprint density at radius 1 is 1.09 bits per heavy atom. The molecule has 0 atom stereocenters. The van der Waals surface area contributed by atoms with Gasteiger partial charge < -0.3 is 5.32 Å². The molecule has 34 heavy (non-hydrogen) atoms. The fourth-order valence-corrected chi connectivity index (χ4v) is 4.48. The number of likely N-dealkylation sites (tertiary alicyclic amines) is 1. The standard InChI is InChI=1S/C26H33N5O3/c1-4-31-23-22(25(33)29-26(31)34)20(14-21(28-23)17(2)3)24(32)27-15-18-8-10-19(11-9-18)16-30-12-6-5-7-13-30/h8-11,14,17H,4-7,12-13,15-16H2,1-3H3,(H,27,32)(H,29,33,34). The number of piperidine rings is 1. The number of benzene rings is 1. The van der Waals surface area contributed by atoms with Gasteiger partial charge in [-0.3, -0.25) is 24.0 Å². The van der Waals surface area contributed by atoms with Gasteiger partial charge in [-0.15, -0.1) is 0 Å². The SMILES string of the molecule is CCn1c(=O)[nH]c(=O)c2c(C(=O)NCc3ccc(CN4CCCCC4)cc3)cc(C(C)C)nc21. The van der Waals surface area contributed by atoms with Crippen LogP contribution in [0.3, 0.4) is 0 Å². The van der Waals surface area contributed by atoms with E-state index < -0.39 is 11.2 Å². The molecule has 0 saturated carbocycles. The highest BCUT2D eigenvalue weighted by atomic mass is 16.2. The maximum absolute atomic E-state index is 13.2. The Hall–Kier alpha value is -3.26. The molecule has 0 bridgehead atoms. The first-order valence-corrected chi connectivity index (χ1v) is 12.1. The number of aromatic amines is 1. The molecule has 8 heteroatoms. The van der Waals surface area contributed by atoms with E-state index in [0.29, 0.717) is 18.8 Å². The van der Waals surface area contributed by atoms with Crippen molar-refractivity contribution in [1.82, 2.24) is 24.8 Å². The van der Waals surface area contributed by atoms with E-state index in [1.54, 1.807) is 13.0 Å². The Labute approximate surface area is 199 Å². The van der Waals surface area contributed by atoms with Crippen LogP contribution in [-0.2, 0) is 19.6 Å². The first-order valence-electron chi connectivity index (χ1n) is 12.1. The van der Waals surface area contributed by atoms with Crippen molar-refractivity contribution in [3.05, 3.63) is 73.6 Å². The van der Waals surface area contributed by atoms with Crippen LogP contribution in [0.25, 0.3) is 11.0 Å². The molecule has 180 valence electrons. The number of nitrogens with one attached hydrogen (secondary N) is 2. The summed E-state index contributed by atoms with van der Waals surface area (Å²) in [5.41, 5.74) is 2.27. The first kappa shape index (κ1) is 23.9. The lowest BCUT2D eigenvalue weighted by molar-refractivity contribution is 0.0952. The lowest BCUT2D eigenvalue weighted by Gasteiger charge is -2.26. The summed E-state index contributed by atoms with van der Waals surface area (Å²) in [6.45, 7) is 9.67. The molecule has 0 radical (unpaired) electrons. The molecule has 8 nitrogen and oxygen atoms in total. The van der Waals surface area contributed by atoms with Crippen LogP contribution in [0.15, 0.2) is 39.9 Å². The van der Waals surface area contributed by atoms with Crippen LogP contribution in [-0.4, -0.2) is 38.4 Å². The molecule has 1 aliphatic rings. The van der Waals surface area contributed by atoms with Gasteiger partial charge in [0.1, 0.15) is 0 Å². The van der Waals surface area contributed by atoms with E-state index in [1.807, 2.05) is 26.0 Å². The van der Waals surface area contributed by atoms with Crippen LogP contribution < -0.4 is 16.6 Å². The Kier molecular flexibility index (Phi) is 7.26. The van der Waals surface area contributed by atoms with Crippen LogP contribution in [0.4, 0.5) is 0 Å². The van der Waals surface area contributed by atoms with Crippen molar-refractivity contribution < 1.29 is 4.79 Å². The predicted octanol–water partition coefficient (Wildman–Crippen LogP) is 3.14. The fourth-order valence-electron chi connectivity index (χ4n) is 4.48. The van der Waals surface area contributed by atoms with Gasteiger partial charge in [0.05, 0.1) is 10.9 Å². The molecule has 1 aliphatic heterocycles. The lowest BCUT2D eigenvalue weighted by atomic mass is 10.0. The molecule has 4 rings (SSSR count). The summed E-state index contributed by atoms with van der Waals surface area (Å²) >= 11 is 0. The van der Waals surface area contributed by atoms with E-state index in [1.165, 1.54) is 29.4 Å². The molecule has 3 aromatic rings. The molecule has 0 aliphatic carbocycles. The molecule has 1 fully saturated rings. The molecule has 0 spiro atoms. The monoisotopic (exact) mass is 463 g/mol. The number of carbonyl (C=O) groups is 1. The Morgan fingerprint density at radius 3 is 2.41 bits per heavy atom. The average Bonchev–Trinajstić information content (AvgIpc) is 2.83. The van der Waals surface area contributed by atoms with Gasteiger partial charge in [-0.1, -0.05) is 44.5 Å². The van der Waals surface area contributed by atoms with Crippen molar-refractivity contribution in [1.29, 1.82) is 0 Å². The van der Waals surface area contributed by atoms with E-state index in [2.05, 4.69) is 32.3 Å². The molecule has 0 unspecified atom stereocenters. The van der Waals surface area contributed by atoms with E-state index in [4.69, 9.17) is 0 Å². The molecule has 2 N–H and O–H groups in total. The molecule has 1 amide bonds. The van der Waals surface area contributed by atoms with Gasteiger partial charge in [-0.2, -0.15) is 0 Å². The van der Waals surface area contributed by atoms with Crippen LogP contribution in [0, 0.1) is 0 Å². The van der Waals surface area contributed by atoms with Crippen molar-refractivity contribution in [3.63, 3.8) is 0 Å². The third-order valence-electron chi connectivity index (χ3n) is 6.45. The van der Waals surface area contributed by atoms with Crippen molar-refractivity contribution in [2.24, 2.45) is 0 Å². The van der Waals surface area contributed by atoms with Gasteiger partial charge >= 0.3 is 5.69 Å². The zero-order chi connectivity index (χ0) is 24.2. The summed E-state index contributed by atoms with van der Waals surface area (Å²) in [4.78, 5) is 47.5. The summed E-state index contributed by atoms with van der Waals surface area (Å²) in [6, 6.07) is 9.94. The Bertz CT molecular complexity index is 1280. The van der Waals surface area contributed by atoms with Crippen molar-refractivity contribution in [2.45, 2.75) is 65.6 Å². The average molecular weight is 464 g/mol. The number of nitrogens with zero attached hydrogens (tertiary/aromatic N) is 3. The van der Waals surface area contributed by atoms with Crippen molar-refractivity contribution in [2.75, 3.05) is 13.1 Å². The maximum Gasteiger partial charge on any atom is 0.329 e. The first-order chi connectivity index (χ1) is 16.4. The topological polar surface area (TPSA) is 100 Å². The van der Waals surface area contributed by atoms with Crippen LogP contribution in [0.2, 0.25) is 0 Å². The maximum atomic E-state index is 13.2. The number of H-pyrrole nitrogens is 1. The minimum Gasteiger partial charge on any atom is -0.348 e. The number of pyridine rings is 1. The Balaban J connectivity index is 1.56. The van der Waals surface area contributed by atoms with Crippen LogP contribution in [0.5, 0.6) is 0 Å². The second-order valence-corrected chi connectivity index (χ2v) is 9.29. The third kappa shape index (κ3) is 5.12. The molecular formula is C26H33N5O3. The highest BCUT2D eigenvalue weighted by Gasteiger charge is 2.20. The van der Waals surface area contributed by atoms with Crippen molar-refractivity contribution >= 4 is 16.9 Å². The highest BCUT2D eigenvalue weighted by molar-refractivity contribution is 6.05. The summed E-state index contributed by atoms with van der Waals surface area (Å²) in [6.07, 6.45) is 3.86. The molecule has 1 aromatic carbocycles. The number of aryl methyl sites for hydroxylation is 1. The van der Waals surface area contributed by atoms with Gasteiger partial charge in [0.25, 0.3) is 11.5 Å². The number of carbonyl (C=O) groups excluding carboxylic acids is 1. The number of amides is 1. The van der Waals surface area contributed by atoms with Crippen molar-refractivity contribution in [3.8, 4) is 0 Å². The van der Waals surface area contributed by atoms with Gasteiger partial charge in [0.2, 0.25) is 0 Å². The summed E-state index contributed by atoms with van der Waals surface area (Å²) in [5.74, 6) is -0.332. The summed E-state index contributed by atoms with van der Waals surface area (Å²) < 4.78 is 1.39. The van der Waals surface area contributed by atoms with E-state index in [9.17, 15) is 14.4 Å². The number of aromatic nitrogens is 3. The quantitative estimate of drug-likeness (QED) is 0.561. The van der Waals surface area contributed by atoms with Gasteiger partial charge in [0.15, 0.2) is 5.65 Å². The third-order valence-corrected chi connectivity index (χ3v) is 6.45. The molecule has 3 heterocycles. The molecule has 1 saturated heterocycles. The van der Waals surface area contributed by atoms with Gasteiger partial charge in [-0.25, -0.2) is 9.78 Å². The minimum absolute atomic E-state index is 0.0306. The fraction of sp³-hybridized carbons (Fsp3) is 0.462. The summed E-state index contributed by atoms with van der Waals surface area (Å²) in [7, 11) is 0.